The predicted octanol–water partition coefficient (Wildman–Crippen LogP) is 5.57. The normalized spacial score (nSPS) is 17.0. The number of benzene rings is 2. The summed E-state index contributed by atoms with van der Waals surface area (Å²) >= 11 is 7.64. The molecule has 0 saturated carbocycles. The third-order valence-corrected chi connectivity index (χ3v) is 8.19. The molecule has 9 nitrogen and oxygen atoms in total. The standard InChI is InChI=1S/C27H27ClF3N5O4S/c1-4-40-25(37)15-13-34-35(14-15)11-10-21-24(32)36(26(33)27(29,30)31)19-9-8-16(28)12-18(19)23(41-21)17-6-5-7-20(38-2)22(17)39-3/h5-9,12-14,21,23,32-33H,4,10-11H2,1-3H3/p+1/t21-,23-/m1/s1. The molecular formula is C27H28ClF3N5O4S+. The number of nitrogens with zero attached hydrogens (tertiary/aromatic N) is 3. The number of ether oxygens (including phenoxy) is 3. The van der Waals surface area contributed by atoms with Crippen LogP contribution in [0.2, 0.25) is 5.02 Å². The monoisotopic (exact) mass is 610 g/mol. The summed E-state index contributed by atoms with van der Waals surface area (Å²) in [5.74, 6) is -1.50. The number of amidine groups is 2. The van der Waals surface area contributed by atoms with E-state index in [2.05, 4.69) is 5.10 Å². The SMILES string of the molecule is CCOC(=O)c1cnn(CC[C@H]2S[C@H](c3cccc(OC)c3OC)c3cc(Cl)ccc3[N+](C(=N)C(F)(F)F)=C2N)c1. The third-order valence-electron chi connectivity index (χ3n) is 6.37. The molecule has 1 aliphatic heterocycles. The molecule has 1 aromatic heterocycles. The van der Waals surface area contributed by atoms with Gasteiger partial charge in [0.1, 0.15) is 5.69 Å². The molecule has 14 heteroatoms. The molecule has 218 valence electrons. The van der Waals surface area contributed by atoms with Crippen molar-refractivity contribution in [3.8, 4) is 11.5 Å². The number of rotatable bonds is 8. The highest BCUT2D eigenvalue weighted by Crippen LogP contribution is 2.50. The highest BCUT2D eigenvalue weighted by atomic mass is 35.5. The lowest BCUT2D eigenvalue weighted by atomic mass is 10.0. The van der Waals surface area contributed by atoms with E-state index in [9.17, 15) is 18.0 Å². The number of aryl methyl sites for hydroxylation is 1. The zero-order chi connectivity index (χ0) is 29.9. The van der Waals surface area contributed by atoms with Gasteiger partial charge in [-0.05, 0) is 37.6 Å². The van der Waals surface area contributed by atoms with Gasteiger partial charge in [-0.3, -0.25) is 4.68 Å². The van der Waals surface area contributed by atoms with Crippen molar-refractivity contribution >= 4 is 46.7 Å². The zero-order valence-corrected chi connectivity index (χ0v) is 23.9. The second-order valence-corrected chi connectivity index (χ2v) is 10.6. The van der Waals surface area contributed by atoms with Gasteiger partial charge in [0.25, 0.3) is 0 Å². The van der Waals surface area contributed by atoms with Crippen LogP contribution >= 0.6 is 23.4 Å². The van der Waals surface area contributed by atoms with Crippen LogP contribution in [0.15, 0.2) is 48.8 Å². The van der Waals surface area contributed by atoms with Crippen molar-refractivity contribution in [2.24, 2.45) is 5.73 Å². The molecule has 0 spiro atoms. The van der Waals surface area contributed by atoms with E-state index in [0.717, 1.165) is 4.58 Å². The molecule has 0 amide bonds. The summed E-state index contributed by atoms with van der Waals surface area (Å²) in [5.41, 5.74) is 7.85. The van der Waals surface area contributed by atoms with Crippen LogP contribution in [0.3, 0.4) is 0 Å². The number of nitrogens with two attached hydrogens (primary N) is 1. The number of carbonyl (C=O) groups excluding carboxylic acids is 1. The van der Waals surface area contributed by atoms with Crippen LogP contribution in [-0.4, -0.2) is 64.2 Å². The van der Waals surface area contributed by atoms with Crippen LogP contribution in [0.25, 0.3) is 0 Å². The highest BCUT2D eigenvalue weighted by molar-refractivity contribution is 8.01. The van der Waals surface area contributed by atoms with Crippen molar-refractivity contribution in [1.29, 1.82) is 5.41 Å². The molecule has 41 heavy (non-hydrogen) atoms. The molecule has 0 bridgehead atoms. The van der Waals surface area contributed by atoms with Gasteiger partial charge in [0.15, 0.2) is 11.5 Å². The molecule has 0 aliphatic carbocycles. The van der Waals surface area contributed by atoms with Crippen molar-refractivity contribution in [3.63, 3.8) is 0 Å². The van der Waals surface area contributed by atoms with Crippen LogP contribution in [-0.2, 0) is 11.3 Å². The molecular weight excluding hydrogens is 583 g/mol. The van der Waals surface area contributed by atoms with Gasteiger partial charge >= 0.3 is 18.0 Å². The first-order valence-electron chi connectivity index (χ1n) is 12.4. The summed E-state index contributed by atoms with van der Waals surface area (Å²) in [6.07, 6.45) is -1.91. The fourth-order valence-corrected chi connectivity index (χ4v) is 6.20. The van der Waals surface area contributed by atoms with Crippen LogP contribution < -0.4 is 15.2 Å². The van der Waals surface area contributed by atoms with Gasteiger partial charge in [0, 0.05) is 28.9 Å². The van der Waals surface area contributed by atoms with E-state index in [0.29, 0.717) is 27.6 Å². The molecule has 1 aliphatic rings. The second kappa shape index (κ2) is 12.4. The number of esters is 1. The number of hydrogen-bond acceptors (Lipinski definition) is 8. The largest absolute Gasteiger partial charge is 0.493 e. The molecule has 2 atom stereocenters. The lowest BCUT2D eigenvalue weighted by Crippen LogP contribution is -2.42. The number of para-hydroxylation sites is 1. The first-order valence-corrected chi connectivity index (χ1v) is 13.8. The Kier molecular flexibility index (Phi) is 9.17. The average molecular weight is 611 g/mol. The molecule has 0 saturated heterocycles. The van der Waals surface area contributed by atoms with E-state index < -0.39 is 28.5 Å². The van der Waals surface area contributed by atoms with E-state index in [1.54, 1.807) is 31.2 Å². The summed E-state index contributed by atoms with van der Waals surface area (Å²) in [5, 5.41) is 11.2. The topological polar surface area (TPSA) is 115 Å². The lowest BCUT2D eigenvalue weighted by molar-refractivity contribution is -0.341. The summed E-state index contributed by atoms with van der Waals surface area (Å²) in [6.45, 7) is 2.10. The minimum absolute atomic E-state index is 0.0720. The first-order chi connectivity index (χ1) is 19.5. The summed E-state index contributed by atoms with van der Waals surface area (Å²) in [7, 11) is 2.96. The number of carbonyl (C=O) groups is 1. The molecule has 3 aromatic rings. The fraction of sp³-hybridized carbons (Fsp3) is 0.333. The van der Waals surface area contributed by atoms with Gasteiger partial charge in [-0.25, -0.2) is 4.79 Å². The van der Waals surface area contributed by atoms with Crippen LogP contribution in [0.5, 0.6) is 11.5 Å². The number of fused-ring (bicyclic) bond motifs is 1. The van der Waals surface area contributed by atoms with Gasteiger partial charge in [-0.15, -0.1) is 11.8 Å². The highest BCUT2D eigenvalue weighted by Gasteiger charge is 2.47. The minimum atomic E-state index is -4.99. The van der Waals surface area contributed by atoms with Crippen molar-refractivity contribution in [2.75, 3.05) is 20.8 Å². The Hall–Kier alpha value is -3.71. The Morgan fingerprint density at radius 2 is 1.98 bits per heavy atom. The van der Waals surface area contributed by atoms with Gasteiger partial charge in [0.05, 0.1) is 43.1 Å². The number of aromatic nitrogens is 2. The van der Waals surface area contributed by atoms with E-state index >= 15 is 0 Å². The Balaban J connectivity index is 1.84. The second-order valence-electron chi connectivity index (χ2n) is 8.90. The number of halogens is 4. The third kappa shape index (κ3) is 6.30. The maximum Gasteiger partial charge on any atom is 0.481 e. The Bertz CT molecular complexity index is 1490. The maximum absolute atomic E-state index is 14.0. The molecule has 3 N–H and O–H groups in total. The van der Waals surface area contributed by atoms with Crippen molar-refractivity contribution in [3.05, 3.63) is 70.5 Å². The molecule has 2 heterocycles. The zero-order valence-electron chi connectivity index (χ0n) is 22.4. The molecule has 4 rings (SSSR count). The Morgan fingerprint density at radius 3 is 2.63 bits per heavy atom. The molecule has 0 unspecified atom stereocenters. The van der Waals surface area contributed by atoms with Crippen LogP contribution in [0.4, 0.5) is 18.9 Å². The average Bonchev–Trinajstić information content (AvgIpc) is 3.38. The van der Waals surface area contributed by atoms with Crippen molar-refractivity contribution in [2.45, 2.75) is 36.6 Å². The van der Waals surface area contributed by atoms with E-state index in [4.69, 9.17) is 37.0 Å². The first kappa shape index (κ1) is 30.3. The van der Waals surface area contributed by atoms with E-state index in [1.807, 2.05) is 0 Å². The minimum Gasteiger partial charge on any atom is -0.493 e. The predicted molar refractivity (Wildman–Crippen MR) is 150 cm³/mol. The molecule has 0 radical (unpaired) electrons. The van der Waals surface area contributed by atoms with Gasteiger partial charge in [-0.2, -0.15) is 28.3 Å². The summed E-state index contributed by atoms with van der Waals surface area (Å²) < 4.78 is 60.4. The number of hydrogen-bond donors (Lipinski definition) is 2. The summed E-state index contributed by atoms with van der Waals surface area (Å²) in [6, 6.07) is 9.71. The summed E-state index contributed by atoms with van der Waals surface area (Å²) in [4.78, 5) is 12.1. The molecule has 0 fully saturated rings. The number of alkyl halides is 3. The Labute approximate surface area is 243 Å². The number of thioether (sulfide) groups is 1. The van der Waals surface area contributed by atoms with Gasteiger partial charge in [-0.1, -0.05) is 23.7 Å². The fourth-order valence-electron chi connectivity index (χ4n) is 4.54. The number of methoxy groups -OCH3 is 2. The van der Waals surface area contributed by atoms with Crippen molar-refractivity contribution in [1.82, 2.24) is 9.78 Å². The molecule has 2 aromatic carbocycles. The number of nitrogens with one attached hydrogen (secondary N) is 1. The maximum atomic E-state index is 14.0. The van der Waals surface area contributed by atoms with Crippen LogP contribution in [0, 0.1) is 5.41 Å². The van der Waals surface area contributed by atoms with Crippen LogP contribution in [0.1, 0.15) is 40.1 Å². The van der Waals surface area contributed by atoms with Crippen molar-refractivity contribution < 1.29 is 36.8 Å². The lowest BCUT2D eigenvalue weighted by Gasteiger charge is -2.23. The van der Waals surface area contributed by atoms with Gasteiger partial charge < -0.3 is 19.9 Å². The van der Waals surface area contributed by atoms with E-state index in [1.165, 1.54) is 55.2 Å². The smallest absolute Gasteiger partial charge is 0.481 e. The van der Waals surface area contributed by atoms with E-state index in [-0.39, 0.29) is 36.7 Å². The quantitative estimate of drug-likeness (QED) is 0.148. The van der Waals surface area contributed by atoms with Gasteiger partial charge in [0.2, 0.25) is 5.84 Å². The Morgan fingerprint density at radius 1 is 1.22 bits per heavy atom.